The van der Waals surface area contributed by atoms with E-state index in [2.05, 4.69) is 17.1 Å². The van der Waals surface area contributed by atoms with Crippen molar-refractivity contribution in [2.75, 3.05) is 27.2 Å². The van der Waals surface area contributed by atoms with Gasteiger partial charge in [0.25, 0.3) is 5.91 Å². The molecule has 2 fully saturated rings. The number of benzene rings is 1. The van der Waals surface area contributed by atoms with Gasteiger partial charge in [-0.15, -0.1) is 0 Å². The lowest BCUT2D eigenvalue weighted by atomic mass is 10.1. The third-order valence-corrected chi connectivity index (χ3v) is 5.63. The Morgan fingerprint density at radius 2 is 1.93 bits per heavy atom. The van der Waals surface area contributed by atoms with Gasteiger partial charge < -0.3 is 4.90 Å². The number of hydrogen-bond donors (Lipinski definition) is 1. The molecule has 3 amide bonds. The molecule has 1 aromatic carbocycles. The summed E-state index contributed by atoms with van der Waals surface area (Å²) in [5, 5.41) is 10.9. The van der Waals surface area contributed by atoms with E-state index in [-0.39, 0.29) is 24.4 Å². The molecule has 0 aromatic heterocycles. The Kier molecular flexibility index (Phi) is 4.57. The van der Waals surface area contributed by atoms with Crippen LogP contribution >= 0.6 is 11.6 Å². The molecule has 4 rings (SSSR count). The maximum Gasteiger partial charge on any atom is 0.327 e. The van der Waals surface area contributed by atoms with Crippen molar-refractivity contribution in [3.05, 3.63) is 34.9 Å². The normalized spacial score (nSPS) is 28.4. The number of carbonyl (C=O) groups is 2. The summed E-state index contributed by atoms with van der Waals surface area (Å²) in [6.07, 6.45) is 0.327. The molecule has 0 radical (unpaired) electrons. The second-order valence-corrected chi connectivity index (χ2v) is 7.55. The van der Waals surface area contributed by atoms with Crippen molar-refractivity contribution in [1.29, 1.82) is 0 Å². The Morgan fingerprint density at radius 3 is 2.59 bits per heavy atom. The summed E-state index contributed by atoms with van der Waals surface area (Å²) in [5.41, 5.74) is 1.86. The lowest BCUT2D eigenvalue weighted by molar-refractivity contribution is -0.137. The fourth-order valence-electron chi connectivity index (χ4n) is 3.97. The highest BCUT2D eigenvalue weighted by Crippen LogP contribution is 2.30. The SMILES string of the molecule is CCCN1N=C(c2ccc(Cl)cc2)CN2C3C(=O)N(C)C(=O)N(C)C3NC12. The van der Waals surface area contributed by atoms with Gasteiger partial charge in [-0.3, -0.25) is 20.0 Å². The van der Waals surface area contributed by atoms with Crippen LogP contribution in [0.2, 0.25) is 5.02 Å². The zero-order chi connectivity index (χ0) is 19.3. The van der Waals surface area contributed by atoms with Crippen LogP contribution in [0.25, 0.3) is 0 Å². The Morgan fingerprint density at radius 1 is 1.22 bits per heavy atom. The summed E-state index contributed by atoms with van der Waals surface area (Å²) in [6.45, 7) is 3.35. The number of carbonyl (C=O) groups excluding carboxylic acids is 2. The van der Waals surface area contributed by atoms with Gasteiger partial charge in [-0.2, -0.15) is 5.10 Å². The van der Waals surface area contributed by atoms with E-state index in [0.29, 0.717) is 11.6 Å². The third-order valence-electron chi connectivity index (χ3n) is 5.37. The molecular weight excluding hydrogens is 368 g/mol. The van der Waals surface area contributed by atoms with E-state index in [4.69, 9.17) is 16.7 Å². The van der Waals surface area contributed by atoms with Gasteiger partial charge in [0, 0.05) is 32.2 Å². The Bertz CT molecular complexity index is 798. The fraction of sp³-hybridized carbons (Fsp3) is 0.500. The van der Waals surface area contributed by atoms with Crippen LogP contribution in [-0.2, 0) is 4.79 Å². The average molecular weight is 391 g/mol. The maximum atomic E-state index is 12.9. The third kappa shape index (κ3) is 2.88. The van der Waals surface area contributed by atoms with E-state index < -0.39 is 6.04 Å². The number of rotatable bonds is 3. The standard InChI is InChI=1S/C18H23ClN6O2/c1-4-9-25-17-20-15-14(16(26)23(3)18(27)22(15)2)24(17)10-13(21-25)11-5-7-12(19)8-6-11/h5-8,14-15,17,20H,4,9-10H2,1-3H3. The number of halogens is 1. The van der Waals surface area contributed by atoms with Gasteiger partial charge in [0.2, 0.25) is 0 Å². The Hall–Kier alpha value is -2.16. The highest BCUT2D eigenvalue weighted by atomic mass is 35.5. The minimum Gasteiger partial charge on any atom is -0.310 e. The van der Waals surface area contributed by atoms with Crippen LogP contribution in [0.15, 0.2) is 29.4 Å². The molecule has 2 saturated heterocycles. The predicted molar refractivity (Wildman–Crippen MR) is 102 cm³/mol. The first-order chi connectivity index (χ1) is 12.9. The smallest absolute Gasteiger partial charge is 0.310 e. The number of likely N-dealkylation sites (N-methyl/N-ethyl adjacent to an activating group) is 2. The van der Waals surface area contributed by atoms with Crippen molar-refractivity contribution in [3.8, 4) is 0 Å². The summed E-state index contributed by atoms with van der Waals surface area (Å²) in [5.74, 6) is -0.188. The molecule has 3 atom stereocenters. The summed E-state index contributed by atoms with van der Waals surface area (Å²) < 4.78 is 0. The monoisotopic (exact) mass is 390 g/mol. The fourth-order valence-corrected chi connectivity index (χ4v) is 4.10. The number of imide groups is 1. The molecule has 3 aliphatic heterocycles. The second kappa shape index (κ2) is 6.78. The molecule has 144 valence electrons. The highest BCUT2D eigenvalue weighted by molar-refractivity contribution is 6.30. The molecular formula is C18H23ClN6O2. The number of urea groups is 1. The zero-order valence-corrected chi connectivity index (χ0v) is 16.3. The predicted octanol–water partition coefficient (Wildman–Crippen LogP) is 1.18. The largest absolute Gasteiger partial charge is 0.327 e. The number of nitrogens with one attached hydrogen (secondary N) is 1. The van der Waals surface area contributed by atoms with Gasteiger partial charge in [-0.1, -0.05) is 30.7 Å². The molecule has 9 heteroatoms. The lowest BCUT2D eigenvalue weighted by Gasteiger charge is -2.41. The van der Waals surface area contributed by atoms with Gasteiger partial charge >= 0.3 is 6.03 Å². The first-order valence-corrected chi connectivity index (χ1v) is 9.46. The minimum atomic E-state index is -0.445. The highest BCUT2D eigenvalue weighted by Gasteiger charge is 2.55. The molecule has 3 heterocycles. The van der Waals surface area contributed by atoms with E-state index in [1.54, 1.807) is 11.9 Å². The van der Waals surface area contributed by atoms with Crippen molar-refractivity contribution in [2.45, 2.75) is 31.8 Å². The van der Waals surface area contributed by atoms with E-state index in [0.717, 1.165) is 24.2 Å². The molecule has 8 nitrogen and oxygen atoms in total. The Balaban J connectivity index is 1.70. The minimum absolute atomic E-state index is 0.188. The first-order valence-electron chi connectivity index (χ1n) is 9.08. The van der Waals surface area contributed by atoms with Crippen molar-refractivity contribution in [2.24, 2.45) is 5.10 Å². The summed E-state index contributed by atoms with van der Waals surface area (Å²) >= 11 is 6.02. The lowest BCUT2D eigenvalue weighted by Crippen LogP contribution is -2.65. The van der Waals surface area contributed by atoms with Crippen LogP contribution in [0.4, 0.5) is 4.79 Å². The molecule has 0 aliphatic carbocycles. The first kappa shape index (κ1) is 18.2. The average Bonchev–Trinajstić information content (AvgIpc) is 3.05. The Labute approximate surface area is 163 Å². The van der Waals surface area contributed by atoms with Crippen LogP contribution in [0.3, 0.4) is 0 Å². The van der Waals surface area contributed by atoms with Crippen molar-refractivity contribution < 1.29 is 9.59 Å². The molecule has 3 aliphatic rings. The summed E-state index contributed by atoms with van der Waals surface area (Å²) in [4.78, 5) is 30.1. The molecule has 0 spiro atoms. The van der Waals surface area contributed by atoms with Gasteiger partial charge in [0.1, 0.15) is 12.2 Å². The van der Waals surface area contributed by atoms with Gasteiger partial charge in [-0.05, 0) is 24.1 Å². The van der Waals surface area contributed by atoms with E-state index in [9.17, 15) is 9.59 Å². The molecule has 0 saturated carbocycles. The van der Waals surface area contributed by atoms with E-state index >= 15 is 0 Å². The second-order valence-electron chi connectivity index (χ2n) is 7.11. The van der Waals surface area contributed by atoms with Gasteiger partial charge in [-0.25, -0.2) is 9.69 Å². The van der Waals surface area contributed by atoms with Crippen LogP contribution in [0, 0.1) is 0 Å². The quantitative estimate of drug-likeness (QED) is 0.839. The molecule has 1 aromatic rings. The summed E-state index contributed by atoms with van der Waals surface area (Å²) in [7, 11) is 3.26. The van der Waals surface area contributed by atoms with E-state index in [1.807, 2.05) is 29.3 Å². The molecule has 27 heavy (non-hydrogen) atoms. The number of hydrazone groups is 1. The molecule has 3 unspecified atom stereocenters. The van der Waals surface area contributed by atoms with Crippen molar-refractivity contribution in [3.63, 3.8) is 0 Å². The number of nitrogens with zero attached hydrogens (tertiary/aromatic N) is 5. The van der Waals surface area contributed by atoms with Gasteiger partial charge in [0.05, 0.1) is 5.71 Å². The van der Waals surface area contributed by atoms with E-state index in [1.165, 1.54) is 11.9 Å². The maximum absolute atomic E-state index is 12.9. The van der Waals surface area contributed by atoms with Crippen molar-refractivity contribution >= 4 is 29.3 Å². The van der Waals surface area contributed by atoms with Crippen molar-refractivity contribution in [1.82, 2.24) is 25.0 Å². The van der Waals surface area contributed by atoms with Crippen LogP contribution in [-0.4, -0.2) is 83.0 Å². The van der Waals surface area contributed by atoms with Gasteiger partial charge in [0.15, 0.2) is 6.29 Å². The van der Waals surface area contributed by atoms with Crippen LogP contribution < -0.4 is 5.32 Å². The number of hydrogen-bond acceptors (Lipinski definition) is 6. The zero-order valence-electron chi connectivity index (χ0n) is 15.6. The summed E-state index contributed by atoms with van der Waals surface area (Å²) in [6, 6.07) is 6.82. The molecule has 0 bridgehead atoms. The number of fused-ring (bicyclic) bond motifs is 3. The number of amides is 3. The molecule has 1 N–H and O–H groups in total. The topological polar surface area (TPSA) is 71.5 Å². The van der Waals surface area contributed by atoms with Crippen LogP contribution in [0.1, 0.15) is 18.9 Å². The van der Waals surface area contributed by atoms with Crippen LogP contribution in [0.5, 0.6) is 0 Å².